The number of nitrogens with one attached hydrogen (secondary N) is 6. The van der Waals surface area contributed by atoms with Gasteiger partial charge in [-0.1, -0.05) is 74.2 Å². The lowest BCUT2D eigenvalue weighted by Gasteiger charge is -2.31. The second-order valence-electron chi connectivity index (χ2n) is 13.8. The monoisotopic (exact) mass is 921 g/mol. The van der Waals surface area contributed by atoms with Crippen LogP contribution in [0.4, 0.5) is 10.5 Å². The van der Waals surface area contributed by atoms with Gasteiger partial charge in [0.2, 0.25) is 29.5 Å². The molecule has 310 valence electrons. The minimum Gasteiger partial charge on any atom is -0.445 e. The molecule has 0 saturated heterocycles. The number of nitrogens with zero attached hydrogens (tertiary/aromatic N) is 3. The number of nitriles is 1. The summed E-state index contributed by atoms with van der Waals surface area (Å²) in [4.78, 5) is 94.3. The number of pyridine rings is 1. The lowest BCUT2D eigenvalue weighted by molar-refractivity contribution is -0.133. The quantitative estimate of drug-likeness (QED) is 0.0680. The van der Waals surface area contributed by atoms with Crippen LogP contribution in [0.3, 0.4) is 0 Å². The van der Waals surface area contributed by atoms with Crippen LogP contribution in [-0.2, 0) is 35.3 Å². The zero-order valence-corrected chi connectivity index (χ0v) is 36.5. The fourth-order valence-electron chi connectivity index (χ4n) is 5.23. The van der Waals surface area contributed by atoms with Crippen molar-refractivity contribution < 1.29 is 38.3 Å². The number of thioether (sulfide) groups is 1. The van der Waals surface area contributed by atoms with Crippen LogP contribution in [0.15, 0.2) is 41.6 Å². The van der Waals surface area contributed by atoms with Gasteiger partial charge in [-0.15, -0.1) is 0 Å². The smallest absolute Gasteiger partial charge is 0.410 e. The van der Waals surface area contributed by atoms with Crippen molar-refractivity contribution in [3.63, 3.8) is 0 Å². The van der Waals surface area contributed by atoms with E-state index in [0.717, 1.165) is 0 Å². The molecule has 17 nitrogen and oxygen atoms in total. The highest BCUT2D eigenvalue weighted by Gasteiger charge is 2.34. The van der Waals surface area contributed by atoms with Gasteiger partial charge in [0.05, 0.1) is 14.4 Å². The molecule has 0 radical (unpaired) electrons. The summed E-state index contributed by atoms with van der Waals surface area (Å²) in [7, 11) is 2.93. The van der Waals surface area contributed by atoms with Gasteiger partial charge >= 0.3 is 6.09 Å². The fourth-order valence-corrected chi connectivity index (χ4v) is 6.60. The van der Waals surface area contributed by atoms with Crippen molar-refractivity contribution in [1.29, 1.82) is 5.26 Å². The van der Waals surface area contributed by atoms with Gasteiger partial charge in [-0.3, -0.25) is 33.7 Å². The number of likely N-dealkylation sites (N-methyl/N-ethyl adjacent to an activating group) is 2. The number of aromatic nitrogens is 1. The molecular formula is C38H52IN9O8S. The Kier molecular flexibility index (Phi) is 19.7. The van der Waals surface area contributed by atoms with Crippen LogP contribution in [-0.4, -0.2) is 99.5 Å². The lowest BCUT2D eigenvalue weighted by atomic mass is 9.99. The summed E-state index contributed by atoms with van der Waals surface area (Å²) in [6.45, 7) is 11.9. The Morgan fingerprint density at radius 3 is 2.07 bits per heavy atom. The standard InChI is InChI=1S/C38H52IN9O8S/c1-20(2)30(35(53)41-8)47-36(54)31(21(3)4)48(9)38(55)56-19-25-10-12-28(13-11-25)46-33(51)23(6)45-32(50)22(5)44-29(49)14-15-42-34(52)27-16-26(17-40)37(43-18-27)57-24(7)39/h10-13,16,18,20-24,30-31H,14-15,19H2,1-9H3,(H,41,53)(H,42,52)(H,44,49)(H,45,50)(H,46,51)(H,47,54)/t22-,23-,24?,30-,31-/m0/s1. The van der Waals surface area contributed by atoms with Crippen molar-refractivity contribution in [2.24, 2.45) is 11.8 Å². The predicted octanol–water partition coefficient (Wildman–Crippen LogP) is 3.07. The number of hydrogen-bond acceptors (Lipinski definition) is 11. The molecule has 1 aromatic carbocycles. The Morgan fingerprint density at radius 2 is 1.51 bits per heavy atom. The van der Waals surface area contributed by atoms with Crippen LogP contribution in [0.2, 0.25) is 0 Å². The predicted molar refractivity (Wildman–Crippen MR) is 223 cm³/mol. The SMILES string of the molecule is CNC(=O)[C@@H](NC(=O)[C@H](C(C)C)N(C)C(=O)OCc1ccc(NC(=O)[C@H](C)NC(=O)[C@H](C)NC(=O)CCNC(=O)c2cnc(SC(C)I)c(C#N)c2)cc1)C(C)C. The topological polar surface area (TPSA) is 241 Å². The minimum atomic E-state index is -0.984. The highest BCUT2D eigenvalue weighted by atomic mass is 127. The Bertz CT molecular complexity index is 1800. The first-order valence-corrected chi connectivity index (χ1v) is 20.3. The molecule has 7 amide bonds. The molecular weight excluding hydrogens is 869 g/mol. The first-order chi connectivity index (χ1) is 26.8. The van der Waals surface area contributed by atoms with Crippen molar-refractivity contribution in [2.75, 3.05) is 26.0 Å². The van der Waals surface area contributed by atoms with E-state index >= 15 is 0 Å². The van der Waals surface area contributed by atoms with Gasteiger partial charge in [0, 0.05) is 38.9 Å². The zero-order valence-electron chi connectivity index (χ0n) is 33.5. The molecule has 19 heteroatoms. The van der Waals surface area contributed by atoms with E-state index in [1.54, 1.807) is 52.0 Å². The summed E-state index contributed by atoms with van der Waals surface area (Å²) >= 11 is 3.59. The van der Waals surface area contributed by atoms with Crippen LogP contribution in [0.25, 0.3) is 0 Å². The van der Waals surface area contributed by atoms with Gasteiger partial charge < -0.3 is 36.6 Å². The molecule has 5 atom stereocenters. The Hall–Kier alpha value is -4.97. The molecule has 1 heterocycles. The van der Waals surface area contributed by atoms with E-state index in [1.807, 2.05) is 13.0 Å². The number of halogens is 1. The summed E-state index contributed by atoms with van der Waals surface area (Å²) < 4.78 is 5.62. The van der Waals surface area contributed by atoms with Gasteiger partial charge in [-0.2, -0.15) is 5.26 Å². The molecule has 0 fully saturated rings. The number of anilines is 1. The maximum Gasteiger partial charge on any atom is 0.410 e. The van der Waals surface area contributed by atoms with Crippen molar-refractivity contribution >= 4 is 81.6 Å². The van der Waals surface area contributed by atoms with Crippen LogP contribution in [0.1, 0.15) is 76.4 Å². The van der Waals surface area contributed by atoms with Crippen molar-refractivity contribution in [3.8, 4) is 6.07 Å². The van der Waals surface area contributed by atoms with Gasteiger partial charge in [0.25, 0.3) is 5.91 Å². The maximum atomic E-state index is 13.1. The molecule has 0 aliphatic heterocycles. The van der Waals surface area contributed by atoms with E-state index in [-0.39, 0.29) is 51.7 Å². The number of ether oxygens (including phenoxy) is 1. The minimum absolute atomic E-state index is 0.0308. The molecule has 0 saturated carbocycles. The van der Waals surface area contributed by atoms with Crippen LogP contribution in [0, 0.1) is 23.2 Å². The maximum absolute atomic E-state index is 13.1. The first kappa shape index (κ1) is 48.2. The lowest BCUT2D eigenvalue weighted by Crippen LogP contribution is -2.56. The zero-order chi connectivity index (χ0) is 43.0. The van der Waals surface area contributed by atoms with E-state index in [4.69, 9.17) is 4.74 Å². The van der Waals surface area contributed by atoms with Crippen molar-refractivity contribution in [1.82, 2.24) is 36.5 Å². The average Bonchev–Trinajstić information content (AvgIpc) is 3.15. The largest absolute Gasteiger partial charge is 0.445 e. The summed E-state index contributed by atoms with van der Waals surface area (Å²) in [5, 5.41) is 25.6. The van der Waals surface area contributed by atoms with E-state index in [0.29, 0.717) is 16.3 Å². The second-order valence-corrected chi connectivity index (χ2v) is 17.8. The fraction of sp³-hybridized carbons (Fsp3) is 0.500. The molecule has 0 spiro atoms. The molecule has 6 N–H and O–H groups in total. The number of hydrogen-bond donors (Lipinski definition) is 6. The van der Waals surface area contributed by atoms with Gasteiger partial charge in [-0.05, 0) is 56.4 Å². The van der Waals surface area contributed by atoms with Crippen molar-refractivity contribution in [3.05, 3.63) is 53.2 Å². The average molecular weight is 922 g/mol. The summed E-state index contributed by atoms with van der Waals surface area (Å²) in [6, 6.07) is 6.32. The normalized spacial score (nSPS) is 13.5. The number of amides is 7. The molecule has 2 rings (SSSR count). The molecule has 0 aliphatic carbocycles. The van der Waals surface area contributed by atoms with Crippen molar-refractivity contribution in [2.45, 2.75) is 93.9 Å². The third-order valence-corrected chi connectivity index (χ3v) is 9.99. The number of rotatable bonds is 19. The highest BCUT2D eigenvalue weighted by Crippen LogP contribution is 2.28. The molecule has 1 aromatic heterocycles. The summed E-state index contributed by atoms with van der Waals surface area (Å²) in [5.41, 5.74) is 1.47. The second kappa shape index (κ2) is 23.3. The van der Waals surface area contributed by atoms with Gasteiger partial charge in [0.15, 0.2) is 0 Å². The van der Waals surface area contributed by atoms with Gasteiger partial charge in [0.1, 0.15) is 41.9 Å². The number of benzene rings is 1. The third kappa shape index (κ3) is 15.5. The third-order valence-electron chi connectivity index (χ3n) is 8.35. The van der Waals surface area contributed by atoms with E-state index in [9.17, 15) is 38.8 Å². The first-order valence-electron chi connectivity index (χ1n) is 18.2. The highest BCUT2D eigenvalue weighted by molar-refractivity contribution is 14.1. The number of carbonyl (C=O) groups excluding carboxylic acids is 7. The molecule has 1 unspecified atom stereocenters. The van der Waals surface area contributed by atoms with Crippen LogP contribution >= 0.6 is 34.4 Å². The van der Waals surface area contributed by atoms with E-state index in [2.05, 4.69) is 59.5 Å². The molecule has 2 aromatic rings. The molecule has 0 aliphatic rings. The number of alkyl halides is 1. The van der Waals surface area contributed by atoms with Crippen LogP contribution < -0.4 is 31.9 Å². The summed E-state index contributed by atoms with van der Waals surface area (Å²) in [5.74, 6) is -3.42. The molecule has 57 heavy (non-hydrogen) atoms. The Morgan fingerprint density at radius 1 is 0.877 bits per heavy atom. The van der Waals surface area contributed by atoms with Crippen LogP contribution in [0.5, 0.6) is 0 Å². The summed E-state index contributed by atoms with van der Waals surface area (Å²) in [6.07, 6.45) is 0.500. The van der Waals surface area contributed by atoms with Gasteiger partial charge in [-0.25, -0.2) is 9.78 Å². The molecule has 0 bridgehead atoms. The van der Waals surface area contributed by atoms with E-state index in [1.165, 1.54) is 56.9 Å². The Balaban J connectivity index is 1.82. The Labute approximate surface area is 351 Å². The number of carbonyl (C=O) groups is 7. The van der Waals surface area contributed by atoms with E-state index < -0.39 is 59.8 Å².